The highest BCUT2D eigenvalue weighted by Crippen LogP contribution is 2.30. The first-order valence-electron chi connectivity index (χ1n) is 6.20. The molecule has 5 heteroatoms. The van der Waals surface area contributed by atoms with E-state index in [0.717, 1.165) is 5.56 Å². The molecule has 0 spiro atoms. The molecule has 0 saturated carbocycles. The van der Waals surface area contributed by atoms with Crippen molar-refractivity contribution in [3.05, 3.63) is 58.7 Å². The fourth-order valence-electron chi connectivity index (χ4n) is 2.20. The van der Waals surface area contributed by atoms with E-state index in [2.05, 4.69) is 0 Å². The average molecular weight is 305 g/mol. The summed E-state index contributed by atoms with van der Waals surface area (Å²) in [6.07, 6.45) is 0. The fraction of sp³-hybridized carbons (Fsp3) is 0.125. The lowest BCUT2D eigenvalue weighted by Gasteiger charge is -2.12. The summed E-state index contributed by atoms with van der Waals surface area (Å²) in [6, 6.07) is 9.81. The molecule has 0 heterocycles. The Morgan fingerprint density at radius 1 is 1.00 bits per heavy atom. The molecular weight excluding hydrogens is 292 g/mol. The van der Waals surface area contributed by atoms with Gasteiger partial charge >= 0.3 is 11.9 Å². The predicted octanol–water partition coefficient (Wildman–Crippen LogP) is 3.80. The second kappa shape index (κ2) is 5.97. The van der Waals surface area contributed by atoms with Crippen LogP contribution >= 0.6 is 11.6 Å². The maximum atomic E-state index is 11.4. The maximum Gasteiger partial charge on any atom is 0.336 e. The molecule has 0 saturated heterocycles. The van der Waals surface area contributed by atoms with Crippen LogP contribution in [-0.2, 0) is 5.88 Å². The molecule has 21 heavy (non-hydrogen) atoms. The molecule has 0 amide bonds. The van der Waals surface area contributed by atoms with E-state index in [9.17, 15) is 19.8 Å². The van der Waals surface area contributed by atoms with Crippen molar-refractivity contribution < 1.29 is 19.8 Å². The number of carboxylic acid groups (broad SMARTS) is 2. The quantitative estimate of drug-likeness (QED) is 0.843. The predicted molar refractivity (Wildman–Crippen MR) is 80.1 cm³/mol. The van der Waals surface area contributed by atoms with E-state index >= 15 is 0 Å². The van der Waals surface area contributed by atoms with Crippen LogP contribution in [0.4, 0.5) is 0 Å². The summed E-state index contributed by atoms with van der Waals surface area (Å²) in [5.41, 5.74) is 2.17. The standard InChI is InChI=1S/C16H13ClO4/c1-9-6-12(15(18)19)14(13(7-9)16(20)21)11-4-2-10(8-17)3-5-11/h2-7H,8H2,1H3,(H,18,19)(H,20,21). The number of alkyl halides is 1. The fourth-order valence-corrected chi connectivity index (χ4v) is 2.37. The zero-order chi connectivity index (χ0) is 15.6. The molecule has 2 rings (SSSR count). The minimum absolute atomic E-state index is 0.0222. The Morgan fingerprint density at radius 3 is 1.86 bits per heavy atom. The maximum absolute atomic E-state index is 11.4. The van der Waals surface area contributed by atoms with Crippen molar-refractivity contribution in [3.8, 4) is 11.1 Å². The Balaban J connectivity index is 2.74. The average Bonchev–Trinajstić information content (AvgIpc) is 2.46. The van der Waals surface area contributed by atoms with Crippen molar-refractivity contribution in [2.24, 2.45) is 0 Å². The SMILES string of the molecule is Cc1cc(C(=O)O)c(-c2ccc(CCl)cc2)c(C(=O)O)c1. The first-order chi connectivity index (χ1) is 9.93. The Kier molecular flexibility index (Phi) is 4.29. The number of carbonyl (C=O) groups is 2. The van der Waals surface area contributed by atoms with Gasteiger partial charge in [-0.3, -0.25) is 0 Å². The number of halogens is 1. The van der Waals surface area contributed by atoms with Crippen LogP contribution in [0.5, 0.6) is 0 Å². The van der Waals surface area contributed by atoms with E-state index in [1.54, 1.807) is 31.2 Å². The number of benzene rings is 2. The summed E-state index contributed by atoms with van der Waals surface area (Å²) in [4.78, 5) is 22.9. The van der Waals surface area contributed by atoms with Crippen LogP contribution in [0.3, 0.4) is 0 Å². The highest BCUT2D eigenvalue weighted by atomic mass is 35.5. The Bertz CT molecular complexity index is 670. The molecule has 2 aromatic rings. The van der Waals surface area contributed by atoms with Gasteiger partial charge in [-0.25, -0.2) is 9.59 Å². The summed E-state index contributed by atoms with van der Waals surface area (Å²) in [7, 11) is 0. The van der Waals surface area contributed by atoms with Gasteiger partial charge in [-0.05, 0) is 35.7 Å². The minimum Gasteiger partial charge on any atom is -0.478 e. The zero-order valence-electron chi connectivity index (χ0n) is 11.3. The smallest absolute Gasteiger partial charge is 0.336 e. The molecule has 0 aliphatic carbocycles. The molecule has 0 atom stereocenters. The summed E-state index contributed by atoms with van der Waals surface area (Å²) < 4.78 is 0. The van der Waals surface area contributed by atoms with Crippen LogP contribution in [0, 0.1) is 6.92 Å². The van der Waals surface area contributed by atoms with Crippen LogP contribution in [0.1, 0.15) is 31.8 Å². The molecule has 0 fully saturated rings. The van der Waals surface area contributed by atoms with Crippen molar-refractivity contribution >= 4 is 23.5 Å². The van der Waals surface area contributed by atoms with Crippen molar-refractivity contribution in [2.45, 2.75) is 12.8 Å². The van der Waals surface area contributed by atoms with Gasteiger partial charge < -0.3 is 10.2 Å². The highest BCUT2D eigenvalue weighted by molar-refractivity contribution is 6.17. The van der Waals surface area contributed by atoms with Gasteiger partial charge in [0.1, 0.15) is 0 Å². The number of aromatic carboxylic acids is 2. The molecule has 4 nitrogen and oxygen atoms in total. The van der Waals surface area contributed by atoms with Crippen LogP contribution < -0.4 is 0 Å². The monoisotopic (exact) mass is 304 g/mol. The molecule has 2 N–H and O–H groups in total. The second-order valence-electron chi connectivity index (χ2n) is 4.68. The lowest BCUT2D eigenvalue weighted by atomic mass is 9.92. The summed E-state index contributed by atoms with van der Waals surface area (Å²) >= 11 is 5.72. The van der Waals surface area contributed by atoms with Gasteiger partial charge in [0.15, 0.2) is 0 Å². The molecule has 2 aromatic carbocycles. The van der Waals surface area contributed by atoms with Crippen molar-refractivity contribution in [3.63, 3.8) is 0 Å². The molecular formula is C16H13ClO4. The van der Waals surface area contributed by atoms with Gasteiger partial charge in [0.05, 0.1) is 11.1 Å². The largest absolute Gasteiger partial charge is 0.478 e. The first-order valence-corrected chi connectivity index (χ1v) is 6.74. The van der Waals surface area contributed by atoms with Crippen LogP contribution in [0.2, 0.25) is 0 Å². The molecule has 0 unspecified atom stereocenters. The van der Waals surface area contributed by atoms with Crippen LogP contribution in [-0.4, -0.2) is 22.2 Å². The third-order valence-corrected chi connectivity index (χ3v) is 3.45. The number of carboxylic acids is 2. The number of rotatable bonds is 4. The third kappa shape index (κ3) is 3.06. The van der Waals surface area contributed by atoms with Gasteiger partial charge in [0.25, 0.3) is 0 Å². The summed E-state index contributed by atoms with van der Waals surface area (Å²) in [6.45, 7) is 1.67. The minimum atomic E-state index is -1.15. The first kappa shape index (κ1) is 15.1. The Labute approximate surface area is 126 Å². The lowest BCUT2D eigenvalue weighted by molar-refractivity contribution is 0.0696. The van der Waals surface area contributed by atoms with Crippen LogP contribution in [0.25, 0.3) is 11.1 Å². The second-order valence-corrected chi connectivity index (χ2v) is 4.94. The summed E-state index contributed by atoms with van der Waals surface area (Å²) in [5, 5.41) is 18.7. The molecule has 108 valence electrons. The van der Waals surface area contributed by atoms with Gasteiger partial charge in [-0.1, -0.05) is 24.3 Å². The van der Waals surface area contributed by atoms with Gasteiger partial charge in [0, 0.05) is 11.4 Å². The Hall–Kier alpha value is -2.33. The lowest BCUT2D eigenvalue weighted by Crippen LogP contribution is -2.08. The van der Waals surface area contributed by atoms with E-state index in [4.69, 9.17) is 11.6 Å². The Morgan fingerprint density at radius 2 is 1.48 bits per heavy atom. The van der Waals surface area contributed by atoms with Crippen molar-refractivity contribution in [1.82, 2.24) is 0 Å². The molecule has 0 aliphatic rings. The van der Waals surface area contributed by atoms with Crippen LogP contribution in [0.15, 0.2) is 36.4 Å². The van der Waals surface area contributed by atoms with Gasteiger partial charge in [-0.15, -0.1) is 11.6 Å². The van der Waals surface area contributed by atoms with E-state index in [-0.39, 0.29) is 16.7 Å². The molecule has 0 aromatic heterocycles. The van der Waals surface area contributed by atoms with E-state index in [1.165, 1.54) is 12.1 Å². The highest BCUT2D eigenvalue weighted by Gasteiger charge is 2.20. The third-order valence-electron chi connectivity index (χ3n) is 3.14. The van der Waals surface area contributed by atoms with Crippen molar-refractivity contribution in [2.75, 3.05) is 0 Å². The number of hydrogen-bond acceptors (Lipinski definition) is 2. The van der Waals surface area contributed by atoms with E-state index < -0.39 is 11.9 Å². The molecule has 0 radical (unpaired) electrons. The van der Waals surface area contributed by atoms with Gasteiger partial charge in [0.2, 0.25) is 0 Å². The summed E-state index contributed by atoms with van der Waals surface area (Å²) in [5.74, 6) is -1.97. The van der Waals surface area contributed by atoms with Gasteiger partial charge in [-0.2, -0.15) is 0 Å². The number of aryl methyl sites for hydroxylation is 1. The topological polar surface area (TPSA) is 74.6 Å². The normalized spacial score (nSPS) is 10.4. The molecule has 0 aliphatic heterocycles. The zero-order valence-corrected chi connectivity index (χ0v) is 12.0. The van der Waals surface area contributed by atoms with E-state index in [0.29, 0.717) is 17.0 Å². The van der Waals surface area contributed by atoms with Crippen molar-refractivity contribution in [1.29, 1.82) is 0 Å². The number of hydrogen-bond donors (Lipinski definition) is 2. The van der Waals surface area contributed by atoms with E-state index in [1.807, 2.05) is 0 Å². The molecule has 0 bridgehead atoms.